The summed E-state index contributed by atoms with van der Waals surface area (Å²) in [5.41, 5.74) is 0. The van der Waals surface area contributed by atoms with Crippen molar-refractivity contribution < 1.29 is 4.74 Å². The Bertz CT molecular complexity index is 468. The molecule has 204 valence electrons. The Balaban J connectivity index is 0.000000255. The molecule has 34 heavy (non-hydrogen) atoms. The Morgan fingerprint density at radius 1 is 0.647 bits per heavy atom. The fraction of sp³-hybridized carbons (Fsp3) is 1.00. The van der Waals surface area contributed by atoms with Gasteiger partial charge in [0, 0.05) is 48.8 Å². The zero-order chi connectivity index (χ0) is 26.2. The van der Waals surface area contributed by atoms with Crippen LogP contribution in [0.3, 0.4) is 0 Å². The Hall–Kier alpha value is 0.540. The number of hydrogen-bond donors (Lipinski definition) is 0. The quantitative estimate of drug-likeness (QED) is 0.377. The summed E-state index contributed by atoms with van der Waals surface area (Å²) in [6.07, 6.45) is 0.356. The van der Waals surface area contributed by atoms with Crippen LogP contribution >= 0.6 is 23.5 Å². The predicted molar refractivity (Wildman–Crippen MR) is 157 cm³/mol. The van der Waals surface area contributed by atoms with Crippen molar-refractivity contribution in [3.8, 4) is 0 Å². The van der Waals surface area contributed by atoms with E-state index >= 15 is 0 Å². The lowest BCUT2D eigenvalue weighted by Crippen LogP contribution is -2.39. The van der Waals surface area contributed by atoms with Crippen LogP contribution in [0.25, 0.3) is 0 Å². The summed E-state index contributed by atoms with van der Waals surface area (Å²) in [4.78, 5) is 7.65. The molecule has 6 heteroatoms. The molecule has 0 aliphatic carbocycles. The van der Waals surface area contributed by atoms with Gasteiger partial charge in [0.2, 0.25) is 0 Å². The SMILES string of the molecule is CC(C)[C@@H]1OCCN1C(C)C.CC(C)[C@@H]1SCCN1C(C)C.CC(C)[C@@H]1S[C@H](C)CN1C(C)C. The van der Waals surface area contributed by atoms with E-state index in [2.05, 4.69) is 128 Å². The van der Waals surface area contributed by atoms with Crippen molar-refractivity contribution in [2.45, 2.75) is 130 Å². The van der Waals surface area contributed by atoms with Crippen molar-refractivity contribution in [3.63, 3.8) is 0 Å². The average Bonchev–Trinajstić information content (AvgIpc) is 3.47. The molecular formula is C28H59N3OS2. The molecule has 3 aliphatic heterocycles. The van der Waals surface area contributed by atoms with Gasteiger partial charge < -0.3 is 4.74 Å². The van der Waals surface area contributed by atoms with Crippen LogP contribution in [0.1, 0.15) is 90.0 Å². The number of hydrogen-bond acceptors (Lipinski definition) is 6. The first-order valence-electron chi connectivity index (χ1n) is 13.9. The second-order valence-corrected chi connectivity index (χ2v) is 14.8. The molecule has 3 aliphatic rings. The number of ether oxygens (including phenoxy) is 1. The average molecular weight is 518 g/mol. The molecule has 3 rings (SSSR count). The lowest BCUT2D eigenvalue weighted by atomic mass is 10.1. The van der Waals surface area contributed by atoms with Crippen LogP contribution in [0.15, 0.2) is 0 Å². The zero-order valence-electron chi connectivity index (χ0n) is 24.9. The second kappa shape index (κ2) is 15.7. The highest BCUT2D eigenvalue weighted by atomic mass is 32.2. The Labute approximate surface area is 222 Å². The van der Waals surface area contributed by atoms with Crippen molar-refractivity contribution in [2.75, 3.05) is 32.0 Å². The molecule has 4 nitrogen and oxygen atoms in total. The summed E-state index contributed by atoms with van der Waals surface area (Å²) < 4.78 is 5.61. The van der Waals surface area contributed by atoms with Crippen molar-refractivity contribution in [1.29, 1.82) is 0 Å². The third-order valence-electron chi connectivity index (χ3n) is 6.80. The molecule has 0 radical (unpaired) electrons. The lowest BCUT2D eigenvalue weighted by Gasteiger charge is -2.29. The molecule has 0 aromatic carbocycles. The van der Waals surface area contributed by atoms with Gasteiger partial charge in [-0.15, -0.1) is 23.5 Å². The van der Waals surface area contributed by atoms with Gasteiger partial charge in [-0.2, -0.15) is 0 Å². The Kier molecular flexibility index (Phi) is 15.1. The molecule has 0 saturated carbocycles. The second-order valence-electron chi connectivity index (χ2n) is 12.0. The van der Waals surface area contributed by atoms with E-state index in [0.29, 0.717) is 24.2 Å². The summed E-state index contributed by atoms with van der Waals surface area (Å²) in [6.45, 7) is 34.2. The van der Waals surface area contributed by atoms with Gasteiger partial charge >= 0.3 is 0 Å². The normalized spacial score (nSPS) is 29.0. The van der Waals surface area contributed by atoms with Crippen LogP contribution in [0.5, 0.6) is 0 Å². The largest absolute Gasteiger partial charge is 0.362 e. The van der Waals surface area contributed by atoms with E-state index in [-0.39, 0.29) is 0 Å². The summed E-state index contributed by atoms with van der Waals surface area (Å²) >= 11 is 4.25. The minimum atomic E-state index is 0.356. The topological polar surface area (TPSA) is 19.0 Å². The maximum Gasteiger partial charge on any atom is 0.113 e. The fourth-order valence-electron chi connectivity index (χ4n) is 5.06. The number of thioether (sulfide) groups is 2. The van der Waals surface area contributed by atoms with Crippen LogP contribution in [0.4, 0.5) is 0 Å². The molecule has 3 heterocycles. The maximum atomic E-state index is 5.61. The predicted octanol–water partition coefficient (Wildman–Crippen LogP) is 6.95. The highest BCUT2D eigenvalue weighted by Gasteiger charge is 2.33. The van der Waals surface area contributed by atoms with E-state index in [0.717, 1.165) is 47.0 Å². The van der Waals surface area contributed by atoms with Gasteiger partial charge in [0.15, 0.2) is 0 Å². The molecule has 0 unspecified atom stereocenters. The van der Waals surface area contributed by atoms with Gasteiger partial charge in [0.1, 0.15) is 6.23 Å². The summed E-state index contributed by atoms with van der Waals surface area (Å²) in [5.74, 6) is 3.51. The monoisotopic (exact) mass is 517 g/mol. The minimum Gasteiger partial charge on any atom is -0.362 e. The zero-order valence-corrected chi connectivity index (χ0v) is 26.5. The first kappa shape index (κ1) is 32.6. The number of rotatable bonds is 6. The van der Waals surface area contributed by atoms with Gasteiger partial charge in [-0.05, 0) is 59.3 Å². The maximum absolute atomic E-state index is 5.61. The first-order chi connectivity index (χ1) is 15.8. The molecule has 4 atom stereocenters. The standard InChI is InChI=1S/C10H21NS.C9H19NO.C9H19NS/c1-7(2)10-11(8(3)4)6-9(5)12-10;2*1-7(2)9-10(8(3)4)5-6-11-9/h7-10H,6H2,1-5H3;2*7-9H,5-6H2,1-4H3/t9-,10+;2*9-/m100/s1. The highest BCUT2D eigenvalue weighted by Crippen LogP contribution is 2.35. The van der Waals surface area contributed by atoms with Crippen LogP contribution in [0, 0.1) is 17.8 Å². The molecule has 0 spiro atoms. The van der Waals surface area contributed by atoms with E-state index in [9.17, 15) is 0 Å². The summed E-state index contributed by atoms with van der Waals surface area (Å²) in [5, 5.41) is 2.34. The summed E-state index contributed by atoms with van der Waals surface area (Å²) in [7, 11) is 0. The molecule has 0 bridgehead atoms. The van der Waals surface area contributed by atoms with Gasteiger partial charge in [-0.25, -0.2) is 0 Å². The van der Waals surface area contributed by atoms with Gasteiger partial charge in [-0.3, -0.25) is 14.7 Å². The van der Waals surface area contributed by atoms with Crippen LogP contribution in [-0.2, 0) is 4.74 Å². The Morgan fingerprint density at radius 2 is 1.18 bits per heavy atom. The fourth-order valence-corrected chi connectivity index (χ4v) is 8.08. The van der Waals surface area contributed by atoms with Crippen LogP contribution < -0.4 is 0 Å². The molecule has 3 fully saturated rings. The van der Waals surface area contributed by atoms with Gasteiger partial charge in [0.25, 0.3) is 0 Å². The molecule has 0 aromatic heterocycles. The highest BCUT2D eigenvalue weighted by molar-refractivity contribution is 8.00. The van der Waals surface area contributed by atoms with E-state index < -0.39 is 0 Å². The molecule has 0 amide bonds. The van der Waals surface area contributed by atoms with Crippen molar-refractivity contribution >= 4 is 23.5 Å². The molecule has 0 aromatic rings. The van der Waals surface area contributed by atoms with Crippen LogP contribution in [-0.4, -0.2) is 87.0 Å². The van der Waals surface area contributed by atoms with Crippen molar-refractivity contribution in [2.24, 2.45) is 17.8 Å². The molecular weight excluding hydrogens is 458 g/mol. The Morgan fingerprint density at radius 3 is 1.53 bits per heavy atom. The van der Waals surface area contributed by atoms with E-state index in [1.165, 1.54) is 18.8 Å². The van der Waals surface area contributed by atoms with Gasteiger partial charge in [0.05, 0.1) is 17.4 Å². The van der Waals surface area contributed by atoms with Crippen molar-refractivity contribution in [1.82, 2.24) is 14.7 Å². The minimum absolute atomic E-state index is 0.356. The lowest BCUT2D eigenvalue weighted by molar-refractivity contribution is -0.0144. The van der Waals surface area contributed by atoms with Crippen molar-refractivity contribution in [3.05, 3.63) is 0 Å². The third-order valence-corrected chi connectivity index (χ3v) is 10.1. The van der Waals surface area contributed by atoms with Gasteiger partial charge in [-0.1, -0.05) is 48.5 Å². The molecule has 0 N–H and O–H groups in total. The smallest absolute Gasteiger partial charge is 0.113 e. The van der Waals surface area contributed by atoms with E-state index in [4.69, 9.17) is 4.74 Å². The van der Waals surface area contributed by atoms with Crippen LogP contribution in [0.2, 0.25) is 0 Å². The summed E-state index contributed by atoms with van der Waals surface area (Å²) in [6, 6.07) is 2.04. The van der Waals surface area contributed by atoms with E-state index in [1.807, 2.05) is 0 Å². The van der Waals surface area contributed by atoms with E-state index in [1.54, 1.807) is 0 Å². The molecule has 3 saturated heterocycles. The first-order valence-corrected chi connectivity index (χ1v) is 15.9. The third kappa shape index (κ3) is 10.1. The number of nitrogens with zero attached hydrogens (tertiary/aromatic N) is 3.